The van der Waals surface area contributed by atoms with Crippen molar-refractivity contribution in [2.24, 2.45) is 0 Å². The van der Waals surface area contributed by atoms with Crippen LogP contribution in [-0.4, -0.2) is 19.9 Å². The molecule has 21 heavy (non-hydrogen) atoms. The molecular weight excluding hydrogens is 296 g/mol. The van der Waals surface area contributed by atoms with Crippen molar-refractivity contribution in [1.82, 2.24) is 0 Å². The van der Waals surface area contributed by atoms with E-state index in [0.29, 0.717) is 11.6 Å². The average Bonchev–Trinajstić information content (AvgIpc) is 2.47. The van der Waals surface area contributed by atoms with Gasteiger partial charge in [0.1, 0.15) is 0 Å². The minimum atomic E-state index is -1.62. The highest BCUT2D eigenvalue weighted by molar-refractivity contribution is 6.77. The third-order valence-corrected chi connectivity index (χ3v) is 7.61. The molecule has 0 aromatic carbocycles. The maximum atomic E-state index is 6.36. The van der Waals surface area contributed by atoms with Gasteiger partial charge >= 0.3 is 0 Å². The van der Waals surface area contributed by atoms with E-state index in [0.717, 1.165) is 0 Å². The van der Waals surface area contributed by atoms with Crippen LogP contribution in [0.3, 0.4) is 0 Å². The Morgan fingerprint density at radius 2 is 1.24 bits per heavy atom. The van der Waals surface area contributed by atoms with Crippen molar-refractivity contribution in [3.63, 3.8) is 0 Å². The van der Waals surface area contributed by atoms with Gasteiger partial charge in [-0.05, 0) is 25.9 Å². The summed E-state index contributed by atoms with van der Waals surface area (Å²) in [6, 6.07) is 0. The average molecular weight is 335 g/mol. The quantitative estimate of drug-likeness (QED) is 0.177. The molecule has 0 spiro atoms. The number of unbranched alkanes of at least 4 members (excludes halogenated alkanes) is 8. The number of rotatable bonds is 15. The third-order valence-electron chi connectivity index (χ3n) is 4.07. The van der Waals surface area contributed by atoms with E-state index in [1.54, 1.807) is 0 Å². The molecule has 0 saturated heterocycles. The first-order valence-electron chi connectivity index (χ1n) is 9.29. The lowest BCUT2D eigenvalue weighted by Crippen LogP contribution is -2.38. The van der Waals surface area contributed by atoms with Crippen LogP contribution in [0.4, 0.5) is 0 Å². The normalized spacial score (nSPS) is 13.6. The monoisotopic (exact) mass is 334 g/mol. The molecule has 1 unspecified atom stereocenters. The molecule has 0 radical (unpaired) electrons. The standard InChI is InChI=1S/C18H39ClOSi/c1-5-7-9-10-11-12-13-14-16-18(15-8-6-2)20-21(3,4)17-19/h18H,5-17H2,1-4H3. The van der Waals surface area contributed by atoms with Gasteiger partial charge in [-0.2, -0.15) is 0 Å². The van der Waals surface area contributed by atoms with E-state index in [-0.39, 0.29) is 0 Å². The first kappa shape index (κ1) is 21.5. The van der Waals surface area contributed by atoms with Crippen molar-refractivity contribution >= 4 is 19.9 Å². The minimum Gasteiger partial charge on any atom is -0.413 e. The van der Waals surface area contributed by atoms with E-state index in [1.807, 2.05) is 0 Å². The summed E-state index contributed by atoms with van der Waals surface area (Å²) in [5, 5.41) is 0. The molecule has 1 atom stereocenters. The van der Waals surface area contributed by atoms with Gasteiger partial charge in [-0.15, -0.1) is 11.6 Å². The second kappa shape index (κ2) is 14.1. The molecule has 1 nitrogen and oxygen atoms in total. The summed E-state index contributed by atoms with van der Waals surface area (Å²) >= 11 is 6.05. The lowest BCUT2D eigenvalue weighted by molar-refractivity contribution is 0.165. The van der Waals surface area contributed by atoms with Crippen molar-refractivity contribution in [1.29, 1.82) is 0 Å². The number of halogens is 1. The fourth-order valence-corrected chi connectivity index (χ4v) is 4.07. The second-order valence-corrected chi connectivity index (χ2v) is 11.9. The van der Waals surface area contributed by atoms with Crippen LogP contribution < -0.4 is 0 Å². The van der Waals surface area contributed by atoms with Gasteiger partial charge < -0.3 is 4.43 Å². The van der Waals surface area contributed by atoms with E-state index in [1.165, 1.54) is 77.0 Å². The van der Waals surface area contributed by atoms with E-state index in [9.17, 15) is 0 Å². The highest BCUT2D eigenvalue weighted by Crippen LogP contribution is 2.20. The number of hydrogen-bond donors (Lipinski definition) is 0. The topological polar surface area (TPSA) is 9.23 Å². The number of alkyl halides is 1. The largest absolute Gasteiger partial charge is 0.413 e. The molecule has 0 fully saturated rings. The molecular formula is C18H39ClOSi. The Morgan fingerprint density at radius 3 is 1.76 bits per heavy atom. The zero-order valence-corrected chi connectivity index (χ0v) is 16.8. The van der Waals surface area contributed by atoms with Crippen molar-refractivity contribution < 1.29 is 4.43 Å². The summed E-state index contributed by atoms with van der Waals surface area (Å²) in [5.41, 5.74) is 0.715. The Kier molecular flexibility index (Phi) is 14.4. The molecule has 0 aliphatic carbocycles. The van der Waals surface area contributed by atoms with Gasteiger partial charge in [-0.3, -0.25) is 0 Å². The van der Waals surface area contributed by atoms with E-state index in [2.05, 4.69) is 26.9 Å². The molecule has 0 amide bonds. The van der Waals surface area contributed by atoms with Crippen LogP contribution >= 0.6 is 11.6 Å². The smallest absolute Gasteiger partial charge is 0.201 e. The van der Waals surface area contributed by atoms with Crippen LogP contribution in [0.25, 0.3) is 0 Å². The van der Waals surface area contributed by atoms with Gasteiger partial charge in [-0.25, -0.2) is 0 Å². The summed E-state index contributed by atoms with van der Waals surface area (Å²) in [7, 11) is -1.62. The third kappa shape index (κ3) is 13.8. The maximum Gasteiger partial charge on any atom is 0.201 e. The van der Waals surface area contributed by atoms with Gasteiger partial charge in [-0.1, -0.05) is 78.1 Å². The van der Waals surface area contributed by atoms with Gasteiger partial charge in [0.2, 0.25) is 8.32 Å². The molecule has 3 heteroatoms. The fraction of sp³-hybridized carbons (Fsp3) is 1.00. The van der Waals surface area contributed by atoms with E-state index < -0.39 is 8.32 Å². The Hall–Kier alpha value is 0.467. The predicted molar refractivity (Wildman–Crippen MR) is 99.8 cm³/mol. The Balaban J connectivity index is 3.75. The SMILES string of the molecule is CCCCCCCCCCC(CCCC)O[Si](C)(C)CCl. The highest BCUT2D eigenvalue weighted by atomic mass is 35.5. The molecule has 0 aromatic heterocycles. The van der Waals surface area contributed by atoms with Crippen LogP contribution in [0, 0.1) is 0 Å². The van der Waals surface area contributed by atoms with Crippen LogP contribution in [-0.2, 0) is 4.43 Å². The molecule has 0 aliphatic rings. The molecule has 0 rings (SSSR count). The van der Waals surface area contributed by atoms with Crippen molar-refractivity contribution in [2.75, 3.05) is 5.50 Å². The lowest BCUT2D eigenvalue weighted by atomic mass is 10.0. The summed E-state index contributed by atoms with van der Waals surface area (Å²) in [4.78, 5) is 0. The fourth-order valence-electron chi connectivity index (χ4n) is 2.68. The molecule has 0 aromatic rings. The second-order valence-electron chi connectivity index (χ2n) is 7.04. The molecule has 0 aliphatic heterocycles. The number of hydrogen-bond acceptors (Lipinski definition) is 1. The van der Waals surface area contributed by atoms with E-state index >= 15 is 0 Å². The summed E-state index contributed by atoms with van der Waals surface area (Å²) in [5.74, 6) is 0. The molecule has 128 valence electrons. The van der Waals surface area contributed by atoms with Gasteiger partial charge in [0.05, 0.1) is 0 Å². The Labute approximate surface area is 140 Å². The van der Waals surface area contributed by atoms with Gasteiger partial charge in [0.15, 0.2) is 0 Å². The van der Waals surface area contributed by atoms with Crippen LogP contribution in [0.5, 0.6) is 0 Å². The van der Waals surface area contributed by atoms with Crippen LogP contribution in [0.2, 0.25) is 13.1 Å². The predicted octanol–water partition coefficient (Wildman–Crippen LogP) is 7.08. The Morgan fingerprint density at radius 1 is 0.762 bits per heavy atom. The summed E-state index contributed by atoms with van der Waals surface area (Å²) in [6.07, 6.45) is 16.6. The first-order chi connectivity index (χ1) is 10.1. The lowest BCUT2D eigenvalue weighted by Gasteiger charge is -2.28. The Bertz CT molecular complexity index is 221. The van der Waals surface area contributed by atoms with Crippen molar-refractivity contribution in [3.8, 4) is 0 Å². The van der Waals surface area contributed by atoms with Gasteiger partial charge in [0, 0.05) is 11.6 Å². The molecule has 0 N–H and O–H groups in total. The highest BCUT2D eigenvalue weighted by Gasteiger charge is 2.25. The van der Waals surface area contributed by atoms with Gasteiger partial charge in [0.25, 0.3) is 0 Å². The summed E-state index contributed by atoms with van der Waals surface area (Å²) < 4.78 is 6.36. The zero-order chi connectivity index (χ0) is 16.0. The summed E-state index contributed by atoms with van der Waals surface area (Å²) in [6.45, 7) is 9.03. The molecule has 0 bridgehead atoms. The van der Waals surface area contributed by atoms with Crippen molar-refractivity contribution in [3.05, 3.63) is 0 Å². The zero-order valence-electron chi connectivity index (χ0n) is 15.1. The minimum absolute atomic E-state index is 0.463. The van der Waals surface area contributed by atoms with Crippen LogP contribution in [0.15, 0.2) is 0 Å². The maximum absolute atomic E-state index is 6.36. The van der Waals surface area contributed by atoms with Crippen LogP contribution in [0.1, 0.15) is 90.9 Å². The molecule has 0 saturated carbocycles. The van der Waals surface area contributed by atoms with E-state index in [4.69, 9.17) is 16.0 Å². The first-order valence-corrected chi connectivity index (χ1v) is 12.9. The molecule has 0 heterocycles. The van der Waals surface area contributed by atoms with Crippen molar-refractivity contribution in [2.45, 2.75) is 110 Å².